The molecule has 8 aromatic carbocycles. The molecule has 0 heterocycles. The first-order chi connectivity index (χ1) is 27.1. The maximum Gasteiger partial charge on any atom is 0.0467 e. The highest BCUT2D eigenvalue weighted by Crippen LogP contribution is 2.43. The van der Waals surface area contributed by atoms with Gasteiger partial charge in [-0.05, 0) is 196 Å². The van der Waals surface area contributed by atoms with Crippen LogP contribution in [0.4, 0.5) is 17.1 Å². The molecule has 55 heavy (non-hydrogen) atoms. The van der Waals surface area contributed by atoms with E-state index in [9.17, 15) is 0 Å². The van der Waals surface area contributed by atoms with Gasteiger partial charge in [0.1, 0.15) is 0 Å². The molecule has 1 heteroatoms. The van der Waals surface area contributed by atoms with Gasteiger partial charge in [-0.3, -0.25) is 0 Å². The molecule has 0 unspecified atom stereocenters. The number of anilines is 3. The maximum atomic E-state index is 2.48. The van der Waals surface area contributed by atoms with Gasteiger partial charge in [0.15, 0.2) is 0 Å². The molecule has 0 fully saturated rings. The summed E-state index contributed by atoms with van der Waals surface area (Å²) >= 11 is 0. The van der Waals surface area contributed by atoms with Gasteiger partial charge in [0.2, 0.25) is 0 Å². The van der Waals surface area contributed by atoms with Crippen molar-refractivity contribution >= 4 is 38.6 Å². The molecular formula is C54H47N. The van der Waals surface area contributed by atoms with Crippen LogP contribution in [0, 0.1) is 13.8 Å². The third-order valence-electron chi connectivity index (χ3n) is 12.5. The summed E-state index contributed by atoms with van der Waals surface area (Å²) < 4.78 is 0. The second-order valence-electron chi connectivity index (χ2n) is 15.9. The fraction of sp³-hybridized carbons (Fsp3) is 0.185. The lowest BCUT2D eigenvalue weighted by molar-refractivity contribution is 0.686. The van der Waals surface area contributed by atoms with Crippen molar-refractivity contribution in [2.45, 2.75) is 65.2 Å². The highest BCUT2D eigenvalue weighted by Gasteiger charge is 2.21. The minimum atomic E-state index is 1.15. The molecule has 0 saturated heterocycles. The Labute approximate surface area is 325 Å². The zero-order chi connectivity index (χ0) is 36.9. The highest BCUT2D eigenvalue weighted by atomic mass is 15.1. The lowest BCUT2D eigenvalue weighted by Crippen LogP contribution is -2.11. The van der Waals surface area contributed by atoms with Crippen molar-refractivity contribution in [3.05, 3.63) is 185 Å². The Hall–Kier alpha value is -5.92. The molecule has 10 rings (SSSR count). The van der Waals surface area contributed by atoms with Crippen molar-refractivity contribution in [1.82, 2.24) is 0 Å². The Kier molecular flexibility index (Phi) is 8.59. The van der Waals surface area contributed by atoms with Gasteiger partial charge in [-0.25, -0.2) is 0 Å². The van der Waals surface area contributed by atoms with Crippen LogP contribution in [0.5, 0.6) is 0 Å². The molecule has 268 valence electrons. The van der Waals surface area contributed by atoms with Gasteiger partial charge in [0, 0.05) is 17.1 Å². The largest absolute Gasteiger partial charge is 0.310 e. The van der Waals surface area contributed by atoms with E-state index in [-0.39, 0.29) is 0 Å². The van der Waals surface area contributed by atoms with Crippen LogP contribution in [0.15, 0.2) is 152 Å². The van der Waals surface area contributed by atoms with E-state index < -0.39 is 0 Å². The summed E-state index contributed by atoms with van der Waals surface area (Å²) in [4.78, 5) is 2.48. The molecule has 1 nitrogen and oxygen atoms in total. The molecule has 0 bridgehead atoms. The number of benzene rings is 8. The molecule has 0 atom stereocenters. The van der Waals surface area contributed by atoms with E-state index in [1.54, 1.807) is 11.1 Å². The standard InChI is InChI=1S/C54H47N/c1-36-25-27-38-13-3-7-21-48(38)53(36)42-16-11-18-45(33-42)55(46-19-12-17-43(34-46)54-37(2)26-28-39-14-4-8-22-49(39)54)44-31-29-40(30-32-44)52-35-41-15-5-6-20-47(41)50-23-9-10-24-51(50)52/h5-6,9-12,15-20,23-35H,3-4,7-8,13-14,21-22H2,1-2H3. The number of hydrogen-bond donors (Lipinski definition) is 0. The molecule has 0 radical (unpaired) electrons. The SMILES string of the molecule is Cc1ccc2c(c1-c1cccc(N(c3ccc(-c4cc5ccccc5c5ccccc45)cc3)c3cccc(-c4c(C)ccc5c4CCCC5)c3)c1)CCCC2. The van der Waals surface area contributed by atoms with Gasteiger partial charge in [0.25, 0.3) is 0 Å². The third kappa shape index (κ3) is 6.03. The molecule has 0 saturated carbocycles. The first-order valence-corrected chi connectivity index (χ1v) is 20.4. The van der Waals surface area contributed by atoms with Gasteiger partial charge in [-0.15, -0.1) is 0 Å². The van der Waals surface area contributed by atoms with Crippen LogP contribution < -0.4 is 4.90 Å². The van der Waals surface area contributed by atoms with Crippen LogP contribution in [0.1, 0.15) is 59.1 Å². The van der Waals surface area contributed by atoms with Gasteiger partial charge >= 0.3 is 0 Å². The lowest BCUT2D eigenvalue weighted by Gasteiger charge is -2.28. The Morgan fingerprint density at radius 1 is 0.382 bits per heavy atom. The fourth-order valence-electron chi connectivity index (χ4n) is 9.83. The van der Waals surface area contributed by atoms with Crippen molar-refractivity contribution in [3.8, 4) is 33.4 Å². The topological polar surface area (TPSA) is 3.24 Å². The van der Waals surface area contributed by atoms with Gasteiger partial charge in [0.05, 0.1) is 0 Å². The Morgan fingerprint density at radius 3 is 1.51 bits per heavy atom. The predicted molar refractivity (Wildman–Crippen MR) is 235 cm³/mol. The van der Waals surface area contributed by atoms with E-state index in [0.717, 1.165) is 18.5 Å². The molecule has 2 aliphatic rings. The summed E-state index contributed by atoms with van der Waals surface area (Å²) in [5.41, 5.74) is 20.4. The zero-order valence-corrected chi connectivity index (χ0v) is 32.0. The molecule has 0 amide bonds. The summed E-state index contributed by atoms with van der Waals surface area (Å²) in [7, 11) is 0. The summed E-state index contributed by atoms with van der Waals surface area (Å²) in [5.74, 6) is 0. The van der Waals surface area contributed by atoms with Crippen molar-refractivity contribution < 1.29 is 0 Å². The van der Waals surface area contributed by atoms with Crippen LogP contribution in [0.2, 0.25) is 0 Å². The molecule has 0 aliphatic heterocycles. The van der Waals surface area contributed by atoms with Crippen molar-refractivity contribution in [1.29, 1.82) is 0 Å². The maximum absolute atomic E-state index is 2.48. The minimum Gasteiger partial charge on any atom is -0.310 e. The number of aryl methyl sites for hydroxylation is 4. The Balaban J connectivity index is 1.13. The summed E-state index contributed by atoms with van der Waals surface area (Å²) in [5, 5.41) is 5.16. The van der Waals surface area contributed by atoms with E-state index >= 15 is 0 Å². The number of hydrogen-bond acceptors (Lipinski definition) is 1. The summed E-state index contributed by atoms with van der Waals surface area (Å²) in [6.45, 7) is 4.58. The average molecular weight is 710 g/mol. The monoisotopic (exact) mass is 709 g/mol. The lowest BCUT2D eigenvalue weighted by atomic mass is 9.83. The number of fused-ring (bicyclic) bond motifs is 5. The first kappa shape index (κ1) is 33.6. The van der Waals surface area contributed by atoms with Gasteiger partial charge < -0.3 is 4.90 Å². The van der Waals surface area contributed by atoms with E-state index in [4.69, 9.17) is 0 Å². The smallest absolute Gasteiger partial charge is 0.0467 e. The summed E-state index contributed by atoms with van der Waals surface area (Å²) in [6.07, 6.45) is 9.80. The quantitative estimate of drug-likeness (QED) is 0.155. The van der Waals surface area contributed by atoms with Crippen LogP contribution in [-0.2, 0) is 25.7 Å². The van der Waals surface area contributed by atoms with E-state index in [2.05, 4.69) is 170 Å². The zero-order valence-electron chi connectivity index (χ0n) is 32.0. The van der Waals surface area contributed by atoms with Crippen LogP contribution >= 0.6 is 0 Å². The number of nitrogens with zero attached hydrogens (tertiary/aromatic N) is 1. The molecule has 2 aliphatic carbocycles. The second kappa shape index (κ2) is 14.1. The van der Waals surface area contributed by atoms with Crippen LogP contribution in [-0.4, -0.2) is 0 Å². The molecular weight excluding hydrogens is 663 g/mol. The van der Waals surface area contributed by atoms with E-state index in [1.807, 2.05) is 0 Å². The average Bonchev–Trinajstić information content (AvgIpc) is 3.24. The Morgan fingerprint density at radius 2 is 0.909 bits per heavy atom. The van der Waals surface area contributed by atoms with Crippen LogP contribution in [0.3, 0.4) is 0 Å². The normalized spacial score (nSPS) is 13.8. The number of rotatable bonds is 6. The van der Waals surface area contributed by atoms with Crippen LogP contribution in [0.25, 0.3) is 54.9 Å². The Bertz CT molecular complexity index is 2620. The molecule has 0 spiro atoms. The first-order valence-electron chi connectivity index (χ1n) is 20.4. The fourth-order valence-corrected chi connectivity index (χ4v) is 9.83. The summed E-state index contributed by atoms with van der Waals surface area (Å²) in [6, 6.07) is 57.3. The van der Waals surface area contributed by atoms with Crippen molar-refractivity contribution in [2.75, 3.05) is 4.90 Å². The van der Waals surface area contributed by atoms with Gasteiger partial charge in [-0.1, -0.05) is 109 Å². The second-order valence-corrected chi connectivity index (χ2v) is 15.9. The van der Waals surface area contributed by atoms with Crippen molar-refractivity contribution in [3.63, 3.8) is 0 Å². The molecule has 8 aromatic rings. The highest BCUT2D eigenvalue weighted by molar-refractivity contribution is 6.13. The third-order valence-corrected chi connectivity index (χ3v) is 12.5. The minimum absolute atomic E-state index is 1.15. The van der Waals surface area contributed by atoms with Gasteiger partial charge in [-0.2, -0.15) is 0 Å². The van der Waals surface area contributed by atoms with Crippen molar-refractivity contribution in [2.24, 2.45) is 0 Å². The molecule has 0 aromatic heterocycles. The molecule has 0 N–H and O–H groups in total. The van der Waals surface area contributed by atoms with E-state index in [1.165, 1.54) is 127 Å². The predicted octanol–water partition coefficient (Wildman–Crippen LogP) is 14.8. The van der Waals surface area contributed by atoms with E-state index in [0.29, 0.717) is 0 Å².